The number of rotatable bonds is 6. The van der Waals surface area contributed by atoms with Crippen LogP contribution in [0, 0.1) is 0 Å². The van der Waals surface area contributed by atoms with E-state index in [4.69, 9.17) is 0 Å². The molecule has 0 atom stereocenters. The molecule has 0 saturated heterocycles. The van der Waals surface area contributed by atoms with Crippen LogP contribution in [-0.2, 0) is 19.5 Å². The molecule has 3 nitrogen and oxygen atoms in total. The molecule has 2 heterocycles. The lowest BCUT2D eigenvalue weighted by molar-refractivity contribution is 0.672. The quantitative estimate of drug-likeness (QED) is 0.849. The van der Waals surface area contributed by atoms with Crippen molar-refractivity contribution in [2.45, 2.75) is 38.4 Å². The predicted octanol–water partition coefficient (Wildman–Crippen LogP) is 2.44. The summed E-state index contributed by atoms with van der Waals surface area (Å²) in [7, 11) is 0. The molecule has 2 aromatic rings. The zero-order valence-corrected chi connectivity index (χ0v) is 10.6. The van der Waals surface area contributed by atoms with Gasteiger partial charge in [-0.25, -0.2) is 4.98 Å². The van der Waals surface area contributed by atoms with Crippen molar-refractivity contribution < 1.29 is 0 Å². The maximum absolute atomic E-state index is 4.42. The maximum Gasteiger partial charge on any atom is 0.0950 e. The van der Waals surface area contributed by atoms with Crippen LogP contribution in [0.5, 0.6) is 0 Å². The highest BCUT2D eigenvalue weighted by Gasteiger charge is 2.20. The van der Waals surface area contributed by atoms with Gasteiger partial charge in [-0.2, -0.15) is 0 Å². The Morgan fingerprint density at radius 3 is 3.18 bits per heavy atom. The van der Waals surface area contributed by atoms with Gasteiger partial charge >= 0.3 is 0 Å². The number of nitrogens with zero attached hydrogens (tertiary/aromatic N) is 2. The first-order valence-corrected chi connectivity index (χ1v) is 7.04. The van der Waals surface area contributed by atoms with Gasteiger partial charge in [0.2, 0.25) is 0 Å². The second kappa shape index (κ2) is 5.02. The van der Waals surface area contributed by atoms with E-state index >= 15 is 0 Å². The fourth-order valence-corrected chi connectivity index (χ4v) is 2.55. The van der Waals surface area contributed by atoms with E-state index in [1.54, 1.807) is 0 Å². The first-order valence-electron chi connectivity index (χ1n) is 6.16. The van der Waals surface area contributed by atoms with Gasteiger partial charge in [0, 0.05) is 30.2 Å². The molecule has 0 bridgehead atoms. The lowest BCUT2D eigenvalue weighted by atomic mass is 10.3. The van der Waals surface area contributed by atoms with Crippen LogP contribution < -0.4 is 5.32 Å². The van der Waals surface area contributed by atoms with Crippen molar-refractivity contribution in [2.75, 3.05) is 0 Å². The SMILES string of the molecule is c1csc(CCn2cnc(CNC3CC3)c2)c1. The van der Waals surface area contributed by atoms with Crippen molar-refractivity contribution >= 4 is 11.3 Å². The third-order valence-electron chi connectivity index (χ3n) is 3.03. The normalized spacial score (nSPS) is 15.3. The van der Waals surface area contributed by atoms with E-state index in [0.29, 0.717) is 0 Å². The Hall–Kier alpha value is -1.13. The molecule has 0 spiro atoms. The smallest absolute Gasteiger partial charge is 0.0950 e. The minimum Gasteiger partial charge on any atom is -0.337 e. The first-order chi connectivity index (χ1) is 8.40. The summed E-state index contributed by atoms with van der Waals surface area (Å²) < 4.78 is 2.18. The molecule has 1 fully saturated rings. The summed E-state index contributed by atoms with van der Waals surface area (Å²) in [6, 6.07) is 5.06. The Bertz CT molecular complexity index is 457. The summed E-state index contributed by atoms with van der Waals surface area (Å²) in [4.78, 5) is 5.86. The summed E-state index contributed by atoms with van der Waals surface area (Å²) in [5.74, 6) is 0. The average molecular weight is 247 g/mol. The van der Waals surface area contributed by atoms with Crippen LogP contribution in [0.25, 0.3) is 0 Å². The molecule has 0 aliphatic heterocycles. The van der Waals surface area contributed by atoms with Crippen LogP contribution in [0.4, 0.5) is 0 Å². The molecule has 2 aromatic heterocycles. The molecule has 1 aliphatic rings. The first kappa shape index (κ1) is 11.0. The van der Waals surface area contributed by atoms with Crippen molar-refractivity contribution in [1.29, 1.82) is 0 Å². The molecule has 1 N–H and O–H groups in total. The van der Waals surface area contributed by atoms with Gasteiger partial charge in [-0.15, -0.1) is 11.3 Å². The zero-order chi connectivity index (χ0) is 11.5. The van der Waals surface area contributed by atoms with Gasteiger partial charge in [0.05, 0.1) is 12.0 Å². The molecule has 1 saturated carbocycles. The number of nitrogens with one attached hydrogen (secondary N) is 1. The Balaban J connectivity index is 1.49. The van der Waals surface area contributed by atoms with E-state index in [1.807, 2.05) is 17.7 Å². The largest absolute Gasteiger partial charge is 0.337 e. The number of aryl methyl sites for hydroxylation is 2. The Labute approximate surface area is 106 Å². The van der Waals surface area contributed by atoms with Crippen LogP contribution >= 0.6 is 11.3 Å². The third kappa shape index (κ3) is 3.17. The molecular formula is C13H17N3S. The molecule has 17 heavy (non-hydrogen) atoms. The fraction of sp³-hybridized carbons (Fsp3) is 0.462. The van der Waals surface area contributed by atoms with E-state index in [2.05, 4.69) is 38.6 Å². The van der Waals surface area contributed by atoms with Crippen molar-refractivity contribution in [1.82, 2.24) is 14.9 Å². The number of hydrogen-bond acceptors (Lipinski definition) is 3. The van der Waals surface area contributed by atoms with E-state index in [9.17, 15) is 0 Å². The Morgan fingerprint density at radius 1 is 1.47 bits per heavy atom. The summed E-state index contributed by atoms with van der Waals surface area (Å²) in [6.45, 7) is 1.94. The molecule has 0 radical (unpaired) electrons. The number of hydrogen-bond donors (Lipinski definition) is 1. The van der Waals surface area contributed by atoms with Crippen molar-refractivity contribution in [2.24, 2.45) is 0 Å². The second-order valence-corrected chi connectivity index (χ2v) is 5.62. The van der Waals surface area contributed by atoms with Gasteiger partial charge in [-0.05, 0) is 30.7 Å². The molecule has 3 rings (SSSR count). The number of thiophene rings is 1. The van der Waals surface area contributed by atoms with E-state index in [-0.39, 0.29) is 0 Å². The van der Waals surface area contributed by atoms with Gasteiger partial charge in [0.25, 0.3) is 0 Å². The number of imidazole rings is 1. The van der Waals surface area contributed by atoms with Crippen LogP contribution in [-0.4, -0.2) is 15.6 Å². The Morgan fingerprint density at radius 2 is 2.41 bits per heavy atom. The van der Waals surface area contributed by atoms with Gasteiger partial charge in [0.15, 0.2) is 0 Å². The standard InChI is InChI=1S/C13H17N3S/c1-2-13(17-7-1)5-6-16-9-12(15-10-16)8-14-11-3-4-11/h1-2,7,9-11,14H,3-6,8H2. The van der Waals surface area contributed by atoms with Gasteiger partial charge in [-0.1, -0.05) is 6.07 Å². The monoisotopic (exact) mass is 247 g/mol. The highest BCUT2D eigenvalue weighted by Crippen LogP contribution is 2.19. The van der Waals surface area contributed by atoms with Gasteiger partial charge in [-0.3, -0.25) is 0 Å². The van der Waals surface area contributed by atoms with E-state index in [1.165, 1.54) is 17.7 Å². The zero-order valence-electron chi connectivity index (χ0n) is 9.80. The average Bonchev–Trinajstić information content (AvgIpc) is 2.86. The van der Waals surface area contributed by atoms with Crippen LogP contribution in [0.1, 0.15) is 23.4 Å². The summed E-state index contributed by atoms with van der Waals surface area (Å²) in [5, 5.41) is 5.62. The summed E-state index contributed by atoms with van der Waals surface area (Å²) in [5.41, 5.74) is 1.16. The van der Waals surface area contributed by atoms with Crippen LogP contribution in [0.2, 0.25) is 0 Å². The summed E-state index contributed by atoms with van der Waals surface area (Å²) >= 11 is 1.83. The van der Waals surface area contributed by atoms with Crippen molar-refractivity contribution in [3.05, 3.63) is 40.6 Å². The van der Waals surface area contributed by atoms with E-state index in [0.717, 1.165) is 31.2 Å². The molecule has 0 unspecified atom stereocenters. The molecule has 1 aliphatic carbocycles. The minimum absolute atomic E-state index is 0.756. The molecule has 0 amide bonds. The topological polar surface area (TPSA) is 29.9 Å². The van der Waals surface area contributed by atoms with Crippen LogP contribution in [0.3, 0.4) is 0 Å². The third-order valence-corrected chi connectivity index (χ3v) is 3.97. The van der Waals surface area contributed by atoms with Crippen molar-refractivity contribution in [3.8, 4) is 0 Å². The maximum atomic E-state index is 4.42. The highest BCUT2D eigenvalue weighted by molar-refractivity contribution is 7.09. The van der Waals surface area contributed by atoms with E-state index < -0.39 is 0 Å². The predicted molar refractivity (Wildman–Crippen MR) is 70.1 cm³/mol. The van der Waals surface area contributed by atoms with Gasteiger partial charge < -0.3 is 9.88 Å². The lowest BCUT2D eigenvalue weighted by Crippen LogP contribution is -2.15. The number of aromatic nitrogens is 2. The van der Waals surface area contributed by atoms with Crippen LogP contribution in [0.15, 0.2) is 30.0 Å². The molecule has 90 valence electrons. The lowest BCUT2D eigenvalue weighted by Gasteiger charge is -2.00. The van der Waals surface area contributed by atoms with Gasteiger partial charge in [0.1, 0.15) is 0 Å². The fourth-order valence-electron chi connectivity index (χ4n) is 1.85. The Kier molecular flexibility index (Phi) is 3.25. The molecule has 4 heteroatoms. The highest BCUT2D eigenvalue weighted by atomic mass is 32.1. The summed E-state index contributed by atoms with van der Waals surface area (Å²) in [6.07, 6.45) is 7.86. The minimum atomic E-state index is 0.756. The molecular weight excluding hydrogens is 230 g/mol. The molecule has 0 aromatic carbocycles. The van der Waals surface area contributed by atoms with Crippen molar-refractivity contribution in [3.63, 3.8) is 0 Å². The second-order valence-electron chi connectivity index (χ2n) is 4.59.